The molecule has 2 aromatic rings. The van der Waals surface area contributed by atoms with Gasteiger partial charge in [-0.15, -0.1) is 0 Å². The Balaban J connectivity index is 2.11. The molecular formula is C18H20ClNO3S. The highest BCUT2D eigenvalue weighted by Gasteiger charge is 2.36. The van der Waals surface area contributed by atoms with Crippen LogP contribution in [-0.2, 0) is 4.79 Å². The molecule has 128 valence electrons. The molecule has 0 spiro atoms. The highest BCUT2D eigenvalue weighted by molar-refractivity contribution is 7.08. The highest BCUT2D eigenvalue weighted by atomic mass is 35.5. The molecule has 2 heterocycles. The normalized spacial score (nSPS) is 19.8. The molecule has 1 aromatic heterocycles. The van der Waals surface area contributed by atoms with E-state index in [-0.39, 0.29) is 6.04 Å². The third kappa shape index (κ3) is 3.43. The molecule has 3 rings (SSSR count). The van der Waals surface area contributed by atoms with Crippen LogP contribution in [0.1, 0.15) is 36.4 Å². The minimum Gasteiger partial charge on any atom is -0.496 e. The molecule has 24 heavy (non-hydrogen) atoms. The van der Waals surface area contributed by atoms with Crippen LogP contribution in [0.25, 0.3) is 0 Å². The van der Waals surface area contributed by atoms with Gasteiger partial charge in [-0.1, -0.05) is 18.0 Å². The Morgan fingerprint density at radius 1 is 1.42 bits per heavy atom. The summed E-state index contributed by atoms with van der Waals surface area (Å²) in [5, 5.41) is 14.4. The van der Waals surface area contributed by atoms with Crippen LogP contribution in [0.5, 0.6) is 5.75 Å². The second-order valence-corrected chi connectivity index (χ2v) is 7.15. The standard InChI is InChI=1S/C18H20ClNO3S/c1-23-16-6-5-13(19)10-14(16)17(12-7-9-24-11-12)20-8-3-2-4-15(20)18(21)22/h5-7,9-11,15,17H,2-4,8H2,1H3,(H,21,22). The number of thiophene rings is 1. The van der Waals surface area contributed by atoms with Gasteiger partial charge in [-0.3, -0.25) is 9.69 Å². The Bertz CT molecular complexity index is 704. The maximum atomic E-state index is 11.8. The fraction of sp³-hybridized carbons (Fsp3) is 0.389. The number of methoxy groups -OCH3 is 1. The van der Waals surface area contributed by atoms with Gasteiger partial charge in [-0.25, -0.2) is 0 Å². The van der Waals surface area contributed by atoms with E-state index in [2.05, 4.69) is 10.3 Å². The summed E-state index contributed by atoms with van der Waals surface area (Å²) in [5.41, 5.74) is 1.99. The Hall–Kier alpha value is -1.56. The van der Waals surface area contributed by atoms with Crippen LogP contribution < -0.4 is 4.74 Å². The molecule has 4 nitrogen and oxygen atoms in total. The molecular weight excluding hydrogens is 346 g/mol. The molecule has 1 saturated heterocycles. The highest BCUT2D eigenvalue weighted by Crippen LogP contribution is 2.40. The summed E-state index contributed by atoms with van der Waals surface area (Å²) < 4.78 is 5.54. The summed E-state index contributed by atoms with van der Waals surface area (Å²) in [6.45, 7) is 0.743. The molecule has 0 radical (unpaired) electrons. The number of rotatable bonds is 5. The van der Waals surface area contributed by atoms with E-state index in [1.54, 1.807) is 24.5 Å². The van der Waals surface area contributed by atoms with Crippen LogP contribution in [0, 0.1) is 0 Å². The average molecular weight is 366 g/mol. The van der Waals surface area contributed by atoms with Crippen LogP contribution in [0.3, 0.4) is 0 Å². The molecule has 1 fully saturated rings. The maximum absolute atomic E-state index is 11.8. The fourth-order valence-corrected chi connectivity index (χ4v) is 4.29. The zero-order chi connectivity index (χ0) is 17.1. The zero-order valence-electron chi connectivity index (χ0n) is 13.4. The first-order valence-corrected chi connectivity index (χ1v) is 9.28. The molecule has 0 aliphatic carbocycles. The van der Waals surface area contributed by atoms with Crippen molar-refractivity contribution < 1.29 is 14.6 Å². The number of piperidine rings is 1. The Morgan fingerprint density at radius 2 is 2.25 bits per heavy atom. The van der Waals surface area contributed by atoms with E-state index >= 15 is 0 Å². The van der Waals surface area contributed by atoms with Gasteiger partial charge in [-0.05, 0) is 60.0 Å². The summed E-state index contributed by atoms with van der Waals surface area (Å²) in [7, 11) is 1.63. The third-order valence-corrected chi connectivity index (χ3v) is 5.44. The number of carbonyl (C=O) groups is 1. The van der Waals surface area contributed by atoms with E-state index < -0.39 is 12.0 Å². The number of ether oxygens (including phenoxy) is 1. The quantitative estimate of drug-likeness (QED) is 0.851. The van der Waals surface area contributed by atoms with E-state index in [9.17, 15) is 9.90 Å². The summed E-state index contributed by atoms with van der Waals surface area (Å²) in [4.78, 5) is 13.9. The number of halogens is 1. The number of carboxylic acids is 1. The summed E-state index contributed by atoms with van der Waals surface area (Å²) in [5.74, 6) is -0.0405. The van der Waals surface area contributed by atoms with E-state index in [1.165, 1.54) is 0 Å². The summed E-state index contributed by atoms with van der Waals surface area (Å²) in [6.07, 6.45) is 2.60. The van der Waals surface area contributed by atoms with Crippen LogP contribution >= 0.6 is 22.9 Å². The monoisotopic (exact) mass is 365 g/mol. The predicted molar refractivity (Wildman–Crippen MR) is 96.1 cm³/mol. The Labute approximate surface area is 150 Å². The van der Waals surface area contributed by atoms with E-state index in [4.69, 9.17) is 16.3 Å². The average Bonchev–Trinajstić information content (AvgIpc) is 3.10. The van der Waals surface area contributed by atoms with Crippen molar-refractivity contribution in [3.8, 4) is 5.75 Å². The molecule has 1 N–H and O–H groups in total. The Kier molecular flexibility index (Phi) is 5.43. The van der Waals surface area contributed by atoms with Gasteiger partial charge in [0, 0.05) is 10.6 Å². The number of hydrogen-bond donors (Lipinski definition) is 1. The summed E-state index contributed by atoms with van der Waals surface area (Å²) >= 11 is 7.84. The number of hydrogen-bond acceptors (Lipinski definition) is 4. The van der Waals surface area contributed by atoms with Gasteiger partial charge in [0.1, 0.15) is 11.8 Å². The minimum absolute atomic E-state index is 0.175. The van der Waals surface area contributed by atoms with Gasteiger partial charge in [0.25, 0.3) is 0 Å². The second kappa shape index (κ2) is 7.55. The van der Waals surface area contributed by atoms with Crippen LogP contribution in [0.15, 0.2) is 35.0 Å². The van der Waals surface area contributed by atoms with Crippen molar-refractivity contribution in [1.29, 1.82) is 0 Å². The largest absolute Gasteiger partial charge is 0.496 e. The van der Waals surface area contributed by atoms with Gasteiger partial charge in [-0.2, -0.15) is 11.3 Å². The third-order valence-electron chi connectivity index (χ3n) is 4.51. The van der Waals surface area contributed by atoms with Gasteiger partial charge in [0.05, 0.1) is 13.2 Å². The Morgan fingerprint density at radius 3 is 2.92 bits per heavy atom. The first-order chi connectivity index (χ1) is 11.6. The van der Waals surface area contributed by atoms with Gasteiger partial charge >= 0.3 is 5.97 Å². The van der Waals surface area contributed by atoms with Crippen LogP contribution in [-0.4, -0.2) is 35.7 Å². The maximum Gasteiger partial charge on any atom is 0.320 e. The lowest BCUT2D eigenvalue weighted by Crippen LogP contribution is -2.46. The van der Waals surface area contributed by atoms with Gasteiger partial charge < -0.3 is 9.84 Å². The summed E-state index contributed by atoms with van der Waals surface area (Å²) in [6, 6.07) is 6.90. The first kappa shape index (κ1) is 17.3. The van der Waals surface area contributed by atoms with Crippen molar-refractivity contribution in [3.63, 3.8) is 0 Å². The van der Waals surface area contributed by atoms with Gasteiger partial charge in [0.2, 0.25) is 0 Å². The number of aliphatic carboxylic acids is 1. The number of nitrogens with zero attached hydrogens (tertiary/aromatic N) is 1. The topological polar surface area (TPSA) is 49.8 Å². The van der Waals surface area contributed by atoms with Crippen LogP contribution in [0.4, 0.5) is 0 Å². The number of carboxylic acid groups (broad SMARTS) is 1. The lowest BCUT2D eigenvalue weighted by Gasteiger charge is -2.39. The van der Waals surface area contributed by atoms with Crippen molar-refractivity contribution in [3.05, 3.63) is 51.2 Å². The molecule has 1 aliphatic rings. The predicted octanol–water partition coefficient (Wildman–Crippen LogP) is 4.44. The minimum atomic E-state index is -0.768. The molecule has 0 saturated carbocycles. The second-order valence-electron chi connectivity index (χ2n) is 5.93. The lowest BCUT2D eigenvalue weighted by molar-refractivity contribution is -0.145. The van der Waals surface area contributed by atoms with Crippen molar-refractivity contribution in [2.75, 3.05) is 13.7 Å². The SMILES string of the molecule is COc1ccc(Cl)cc1C(c1ccsc1)N1CCCCC1C(=O)O. The fourth-order valence-electron chi connectivity index (χ4n) is 3.43. The smallest absolute Gasteiger partial charge is 0.320 e. The van der Waals surface area contributed by atoms with Crippen LogP contribution in [0.2, 0.25) is 5.02 Å². The molecule has 2 atom stereocenters. The van der Waals surface area contributed by atoms with Gasteiger partial charge in [0.15, 0.2) is 0 Å². The molecule has 0 bridgehead atoms. The zero-order valence-corrected chi connectivity index (χ0v) is 15.0. The van der Waals surface area contributed by atoms with Crippen molar-refractivity contribution >= 4 is 28.9 Å². The van der Waals surface area contributed by atoms with Crippen molar-refractivity contribution in [2.24, 2.45) is 0 Å². The molecule has 6 heteroatoms. The molecule has 1 aliphatic heterocycles. The van der Waals surface area contributed by atoms with E-state index in [0.717, 1.165) is 36.3 Å². The van der Waals surface area contributed by atoms with Crippen molar-refractivity contribution in [1.82, 2.24) is 4.90 Å². The first-order valence-electron chi connectivity index (χ1n) is 7.96. The lowest BCUT2D eigenvalue weighted by atomic mass is 9.92. The molecule has 2 unspecified atom stereocenters. The number of benzene rings is 1. The number of likely N-dealkylation sites (tertiary alicyclic amines) is 1. The van der Waals surface area contributed by atoms with E-state index in [0.29, 0.717) is 11.4 Å². The van der Waals surface area contributed by atoms with E-state index in [1.807, 2.05) is 23.6 Å². The molecule has 0 amide bonds. The molecule has 1 aromatic carbocycles. The van der Waals surface area contributed by atoms with Crippen molar-refractivity contribution in [2.45, 2.75) is 31.3 Å².